The Bertz CT molecular complexity index is 377. The van der Waals surface area contributed by atoms with Crippen LogP contribution in [0.25, 0.3) is 0 Å². The fourth-order valence-electron chi connectivity index (χ4n) is 1.35. The zero-order valence-electron chi connectivity index (χ0n) is 9.67. The molecule has 0 unspecified atom stereocenters. The normalized spacial score (nSPS) is 12.6. The van der Waals surface area contributed by atoms with Crippen LogP contribution in [0, 0.1) is 0 Å². The number of hydrogen-bond donors (Lipinski definition) is 2. The van der Waals surface area contributed by atoms with Crippen LogP contribution in [0.15, 0.2) is 18.2 Å². The molecule has 0 aromatic carbocycles. The van der Waals surface area contributed by atoms with Gasteiger partial charge in [0.05, 0.1) is 0 Å². The van der Waals surface area contributed by atoms with Crippen LogP contribution in [0.4, 0.5) is 19.0 Å². The van der Waals surface area contributed by atoms with Gasteiger partial charge in [-0.2, -0.15) is 13.2 Å². The molecule has 3 nitrogen and oxygen atoms in total. The minimum atomic E-state index is -4.45. The summed E-state index contributed by atoms with van der Waals surface area (Å²) >= 11 is 0. The highest BCUT2D eigenvalue weighted by molar-refractivity contribution is 5.38. The van der Waals surface area contributed by atoms with Gasteiger partial charge in [-0.05, 0) is 32.4 Å². The summed E-state index contributed by atoms with van der Waals surface area (Å²) in [6, 6.07) is 3.69. The summed E-state index contributed by atoms with van der Waals surface area (Å²) < 4.78 is 37.3. The summed E-state index contributed by atoms with van der Waals surface area (Å²) in [5.74, 6) is 0.151. The summed E-state index contributed by atoms with van der Waals surface area (Å²) in [4.78, 5) is 3.49. The van der Waals surface area contributed by atoms with Crippen molar-refractivity contribution in [1.29, 1.82) is 0 Å². The fraction of sp³-hybridized carbons (Fsp3) is 0.545. The number of hydrogen-bond acceptors (Lipinski definition) is 3. The van der Waals surface area contributed by atoms with Crippen molar-refractivity contribution in [3.05, 3.63) is 23.9 Å². The van der Waals surface area contributed by atoms with Crippen molar-refractivity contribution >= 4 is 5.82 Å². The van der Waals surface area contributed by atoms with Crippen LogP contribution >= 0.6 is 0 Å². The molecule has 1 aromatic rings. The van der Waals surface area contributed by atoms with E-state index in [4.69, 9.17) is 5.11 Å². The van der Waals surface area contributed by atoms with Gasteiger partial charge >= 0.3 is 6.18 Å². The first kappa shape index (κ1) is 13.8. The van der Waals surface area contributed by atoms with Crippen molar-refractivity contribution < 1.29 is 18.3 Å². The molecule has 0 radical (unpaired) electrons. The van der Waals surface area contributed by atoms with Gasteiger partial charge < -0.3 is 10.4 Å². The highest BCUT2D eigenvalue weighted by Gasteiger charge is 2.32. The zero-order valence-corrected chi connectivity index (χ0v) is 9.67. The van der Waals surface area contributed by atoms with Crippen molar-refractivity contribution in [3.8, 4) is 0 Å². The molecule has 1 heterocycles. The second kappa shape index (κ2) is 4.91. The Kier molecular flexibility index (Phi) is 3.98. The van der Waals surface area contributed by atoms with Crippen molar-refractivity contribution in [3.63, 3.8) is 0 Å². The summed E-state index contributed by atoms with van der Waals surface area (Å²) in [5, 5.41) is 11.7. The maximum Gasteiger partial charge on any atom is 0.433 e. The number of aliphatic hydroxyl groups excluding tert-OH is 1. The van der Waals surface area contributed by atoms with E-state index in [9.17, 15) is 13.2 Å². The van der Waals surface area contributed by atoms with Crippen LogP contribution in [-0.4, -0.2) is 22.2 Å². The van der Waals surface area contributed by atoms with E-state index in [1.54, 1.807) is 13.8 Å². The molecule has 1 aromatic heterocycles. The summed E-state index contributed by atoms with van der Waals surface area (Å²) in [7, 11) is 0. The Hall–Kier alpha value is -1.30. The molecule has 0 aliphatic rings. The first-order valence-electron chi connectivity index (χ1n) is 5.18. The van der Waals surface area contributed by atoms with Gasteiger partial charge in [0.2, 0.25) is 0 Å². The number of alkyl halides is 3. The minimum Gasteiger partial charge on any atom is -0.396 e. The smallest absolute Gasteiger partial charge is 0.396 e. The van der Waals surface area contributed by atoms with E-state index >= 15 is 0 Å². The van der Waals surface area contributed by atoms with E-state index in [1.165, 1.54) is 12.1 Å². The first-order valence-corrected chi connectivity index (χ1v) is 5.18. The maximum atomic E-state index is 12.4. The largest absolute Gasteiger partial charge is 0.433 e. The number of anilines is 1. The van der Waals surface area contributed by atoms with Crippen molar-refractivity contribution in [1.82, 2.24) is 4.98 Å². The molecular weight excluding hydrogens is 233 g/mol. The highest BCUT2D eigenvalue weighted by atomic mass is 19.4. The predicted octanol–water partition coefficient (Wildman–Crippen LogP) is 2.67. The number of halogens is 3. The van der Waals surface area contributed by atoms with Crippen LogP contribution in [-0.2, 0) is 6.18 Å². The Morgan fingerprint density at radius 3 is 2.47 bits per heavy atom. The maximum absolute atomic E-state index is 12.4. The SMILES string of the molecule is CC(C)(CCO)Nc1cccc(C(F)(F)F)n1. The average molecular weight is 248 g/mol. The van der Waals surface area contributed by atoms with Gasteiger partial charge in [-0.1, -0.05) is 6.07 Å². The Morgan fingerprint density at radius 1 is 1.29 bits per heavy atom. The number of nitrogens with one attached hydrogen (secondary N) is 1. The highest BCUT2D eigenvalue weighted by Crippen LogP contribution is 2.28. The van der Waals surface area contributed by atoms with E-state index in [0.717, 1.165) is 6.07 Å². The monoisotopic (exact) mass is 248 g/mol. The van der Waals surface area contributed by atoms with Crippen molar-refractivity contribution in [2.24, 2.45) is 0 Å². The molecule has 0 saturated heterocycles. The fourth-order valence-corrected chi connectivity index (χ4v) is 1.35. The molecule has 1 rings (SSSR count). The number of rotatable bonds is 4. The topological polar surface area (TPSA) is 45.1 Å². The van der Waals surface area contributed by atoms with Gasteiger partial charge in [0, 0.05) is 12.1 Å². The lowest BCUT2D eigenvalue weighted by molar-refractivity contribution is -0.141. The molecule has 0 fully saturated rings. The number of aromatic nitrogens is 1. The lowest BCUT2D eigenvalue weighted by Crippen LogP contribution is -2.32. The standard InChI is InChI=1S/C11H15F3N2O/c1-10(2,6-7-17)16-9-5-3-4-8(15-9)11(12,13)14/h3-5,17H,6-7H2,1-2H3,(H,15,16). The molecule has 2 N–H and O–H groups in total. The molecule has 6 heteroatoms. The molecular formula is C11H15F3N2O. The quantitative estimate of drug-likeness (QED) is 0.861. The van der Waals surface area contributed by atoms with E-state index < -0.39 is 17.4 Å². The Morgan fingerprint density at radius 2 is 1.94 bits per heavy atom. The van der Waals surface area contributed by atoms with Gasteiger partial charge in [-0.25, -0.2) is 4.98 Å². The number of nitrogens with zero attached hydrogens (tertiary/aromatic N) is 1. The molecule has 0 spiro atoms. The van der Waals surface area contributed by atoms with Crippen LogP contribution in [0.3, 0.4) is 0 Å². The summed E-state index contributed by atoms with van der Waals surface area (Å²) in [6.07, 6.45) is -4.02. The van der Waals surface area contributed by atoms with E-state index in [-0.39, 0.29) is 12.4 Å². The average Bonchev–Trinajstić information content (AvgIpc) is 2.15. The Balaban J connectivity index is 2.86. The first-order chi connectivity index (χ1) is 7.74. The lowest BCUT2D eigenvalue weighted by Gasteiger charge is -2.26. The molecule has 0 bridgehead atoms. The summed E-state index contributed by atoms with van der Waals surface area (Å²) in [6.45, 7) is 3.52. The third-order valence-corrected chi connectivity index (χ3v) is 2.24. The van der Waals surface area contributed by atoms with Crippen LogP contribution in [0.1, 0.15) is 26.0 Å². The third kappa shape index (κ3) is 4.22. The lowest BCUT2D eigenvalue weighted by atomic mass is 10.0. The van der Waals surface area contributed by atoms with Crippen LogP contribution in [0.5, 0.6) is 0 Å². The number of pyridine rings is 1. The second-order valence-electron chi connectivity index (χ2n) is 4.39. The van der Waals surface area contributed by atoms with Crippen LogP contribution in [0.2, 0.25) is 0 Å². The van der Waals surface area contributed by atoms with Gasteiger partial charge in [0.25, 0.3) is 0 Å². The van der Waals surface area contributed by atoms with Gasteiger partial charge in [0.1, 0.15) is 11.5 Å². The molecule has 0 aliphatic heterocycles. The molecule has 96 valence electrons. The van der Waals surface area contributed by atoms with Gasteiger partial charge in [0.15, 0.2) is 0 Å². The van der Waals surface area contributed by atoms with Gasteiger partial charge in [-0.15, -0.1) is 0 Å². The molecule has 0 saturated carbocycles. The molecule has 0 atom stereocenters. The number of aliphatic hydroxyl groups is 1. The van der Waals surface area contributed by atoms with Crippen LogP contribution < -0.4 is 5.32 Å². The van der Waals surface area contributed by atoms with Gasteiger partial charge in [-0.3, -0.25) is 0 Å². The van der Waals surface area contributed by atoms with Crippen molar-refractivity contribution in [2.45, 2.75) is 32.0 Å². The molecule has 0 amide bonds. The summed E-state index contributed by atoms with van der Waals surface area (Å²) in [5.41, 5.74) is -1.44. The molecule has 0 aliphatic carbocycles. The predicted molar refractivity (Wildman–Crippen MR) is 58.6 cm³/mol. The third-order valence-electron chi connectivity index (χ3n) is 2.24. The van der Waals surface area contributed by atoms with E-state index in [1.807, 2.05) is 0 Å². The van der Waals surface area contributed by atoms with E-state index in [2.05, 4.69) is 10.3 Å². The minimum absolute atomic E-state index is 0.0427. The zero-order chi connectivity index (χ0) is 13.1. The van der Waals surface area contributed by atoms with E-state index in [0.29, 0.717) is 6.42 Å². The Labute approximate surface area is 97.7 Å². The molecule has 17 heavy (non-hydrogen) atoms. The second-order valence-corrected chi connectivity index (χ2v) is 4.39. The van der Waals surface area contributed by atoms with Crippen molar-refractivity contribution in [2.75, 3.05) is 11.9 Å².